The molecule has 1 aromatic heterocycles. The molecule has 1 aliphatic carbocycles. The van der Waals surface area contributed by atoms with Crippen molar-refractivity contribution < 1.29 is 4.39 Å². The van der Waals surface area contributed by atoms with Crippen LogP contribution in [0, 0.1) is 0 Å². The molecule has 1 aliphatic rings. The number of hydrogen-bond acceptors (Lipinski definition) is 2. The Labute approximate surface area is 81.2 Å². The van der Waals surface area contributed by atoms with E-state index in [9.17, 15) is 4.39 Å². The summed E-state index contributed by atoms with van der Waals surface area (Å²) >= 11 is 5.74. The van der Waals surface area contributed by atoms with Gasteiger partial charge in [-0.25, -0.2) is 14.4 Å². The van der Waals surface area contributed by atoms with Crippen molar-refractivity contribution in [3.05, 3.63) is 22.7 Å². The molecule has 70 valence electrons. The molecule has 0 bridgehead atoms. The van der Waals surface area contributed by atoms with E-state index in [1.165, 1.54) is 0 Å². The highest BCUT2D eigenvalue weighted by atomic mass is 35.5. The van der Waals surface area contributed by atoms with Crippen molar-refractivity contribution in [3.63, 3.8) is 0 Å². The van der Waals surface area contributed by atoms with Gasteiger partial charge in [-0.1, -0.05) is 18.5 Å². The molecule has 4 heteroatoms. The van der Waals surface area contributed by atoms with Crippen molar-refractivity contribution in [2.45, 2.75) is 31.9 Å². The average molecular weight is 201 g/mol. The molecular formula is C9H10ClFN2. The van der Waals surface area contributed by atoms with E-state index in [-0.39, 0.29) is 5.82 Å². The van der Waals surface area contributed by atoms with E-state index < -0.39 is 5.67 Å². The number of aryl methyl sites for hydroxylation is 1. The van der Waals surface area contributed by atoms with Crippen LogP contribution in [0.4, 0.5) is 4.39 Å². The molecule has 1 aromatic rings. The summed E-state index contributed by atoms with van der Waals surface area (Å²) in [6.45, 7) is 1.96. The van der Waals surface area contributed by atoms with E-state index in [1.54, 1.807) is 6.07 Å². The fraction of sp³-hybridized carbons (Fsp3) is 0.556. The summed E-state index contributed by atoms with van der Waals surface area (Å²) < 4.78 is 13.5. The van der Waals surface area contributed by atoms with Gasteiger partial charge in [-0.05, 0) is 25.3 Å². The first kappa shape index (κ1) is 8.88. The van der Waals surface area contributed by atoms with Crippen molar-refractivity contribution in [1.29, 1.82) is 0 Å². The Morgan fingerprint density at radius 3 is 2.77 bits per heavy atom. The van der Waals surface area contributed by atoms with Crippen LogP contribution in [0.5, 0.6) is 0 Å². The zero-order valence-corrected chi connectivity index (χ0v) is 8.10. The quantitative estimate of drug-likeness (QED) is 0.686. The molecule has 2 rings (SSSR count). The molecule has 0 amide bonds. The maximum Gasteiger partial charge on any atom is 0.170 e. The molecule has 0 aromatic carbocycles. The third-order valence-electron chi connectivity index (χ3n) is 2.20. The fourth-order valence-electron chi connectivity index (χ4n) is 1.18. The van der Waals surface area contributed by atoms with Gasteiger partial charge in [0.15, 0.2) is 11.5 Å². The molecule has 0 spiro atoms. The Morgan fingerprint density at radius 2 is 2.23 bits per heavy atom. The monoisotopic (exact) mass is 200 g/mol. The van der Waals surface area contributed by atoms with Gasteiger partial charge in [0.05, 0.1) is 0 Å². The largest absolute Gasteiger partial charge is 0.235 e. The first-order valence-electron chi connectivity index (χ1n) is 4.37. The standard InChI is InChI=1S/C9H10ClFN2/c1-2-6-5-7(10)13-8(12-6)9(11)3-4-9/h5H,2-4H2,1H3. The van der Waals surface area contributed by atoms with E-state index in [0.29, 0.717) is 18.0 Å². The Balaban J connectivity index is 2.40. The Bertz CT molecular complexity index is 336. The van der Waals surface area contributed by atoms with Crippen molar-refractivity contribution in [1.82, 2.24) is 9.97 Å². The predicted molar refractivity (Wildman–Crippen MR) is 48.4 cm³/mol. The molecule has 0 N–H and O–H groups in total. The maximum atomic E-state index is 13.5. The third-order valence-corrected chi connectivity index (χ3v) is 2.39. The van der Waals surface area contributed by atoms with Gasteiger partial charge in [-0.15, -0.1) is 0 Å². The molecule has 1 fully saturated rings. The van der Waals surface area contributed by atoms with E-state index in [2.05, 4.69) is 9.97 Å². The Morgan fingerprint density at radius 1 is 1.54 bits per heavy atom. The van der Waals surface area contributed by atoms with Gasteiger partial charge in [0.25, 0.3) is 0 Å². The number of rotatable bonds is 2. The van der Waals surface area contributed by atoms with Crippen LogP contribution in [0.3, 0.4) is 0 Å². The summed E-state index contributed by atoms with van der Waals surface area (Å²) in [5.74, 6) is 0.261. The lowest BCUT2D eigenvalue weighted by molar-refractivity contribution is 0.299. The first-order valence-corrected chi connectivity index (χ1v) is 4.75. The van der Waals surface area contributed by atoms with Crippen LogP contribution in [-0.4, -0.2) is 9.97 Å². The summed E-state index contributed by atoms with van der Waals surface area (Å²) in [6, 6.07) is 1.68. The minimum atomic E-state index is -1.28. The fourth-order valence-corrected chi connectivity index (χ4v) is 1.39. The lowest BCUT2D eigenvalue weighted by Crippen LogP contribution is -2.07. The highest BCUT2D eigenvalue weighted by molar-refractivity contribution is 6.29. The molecule has 0 radical (unpaired) electrons. The number of aromatic nitrogens is 2. The number of hydrogen-bond donors (Lipinski definition) is 0. The second kappa shape index (κ2) is 2.91. The summed E-state index contributed by atoms with van der Waals surface area (Å²) in [4.78, 5) is 8.01. The summed E-state index contributed by atoms with van der Waals surface area (Å²) in [5.41, 5.74) is -0.478. The van der Waals surface area contributed by atoms with Gasteiger partial charge in [0.1, 0.15) is 5.15 Å². The molecular weight excluding hydrogens is 191 g/mol. The molecule has 1 saturated carbocycles. The topological polar surface area (TPSA) is 25.8 Å². The number of halogens is 2. The van der Waals surface area contributed by atoms with Crippen molar-refractivity contribution >= 4 is 11.6 Å². The Hall–Kier alpha value is -0.700. The van der Waals surface area contributed by atoms with Gasteiger partial charge in [0, 0.05) is 5.69 Å². The van der Waals surface area contributed by atoms with E-state index in [4.69, 9.17) is 11.6 Å². The van der Waals surface area contributed by atoms with Gasteiger partial charge >= 0.3 is 0 Å². The maximum absolute atomic E-state index is 13.5. The SMILES string of the molecule is CCc1cc(Cl)nc(C2(F)CC2)n1. The minimum Gasteiger partial charge on any atom is -0.235 e. The second-order valence-electron chi connectivity index (χ2n) is 3.32. The van der Waals surface area contributed by atoms with Crippen molar-refractivity contribution in [2.75, 3.05) is 0 Å². The van der Waals surface area contributed by atoms with E-state index >= 15 is 0 Å². The first-order chi connectivity index (χ1) is 6.14. The van der Waals surface area contributed by atoms with Crippen LogP contribution < -0.4 is 0 Å². The normalized spacial score (nSPS) is 18.7. The lowest BCUT2D eigenvalue weighted by atomic mass is 10.3. The average Bonchev–Trinajstić information content (AvgIpc) is 2.84. The minimum absolute atomic E-state index is 0.261. The van der Waals surface area contributed by atoms with E-state index in [1.807, 2.05) is 6.92 Å². The van der Waals surface area contributed by atoms with Gasteiger partial charge in [0.2, 0.25) is 0 Å². The summed E-state index contributed by atoms with van der Waals surface area (Å²) in [5, 5.41) is 0.339. The zero-order chi connectivity index (χ0) is 9.47. The molecule has 1 heterocycles. The molecule has 0 aliphatic heterocycles. The lowest BCUT2D eigenvalue weighted by Gasteiger charge is -2.05. The van der Waals surface area contributed by atoms with Crippen LogP contribution in [0.25, 0.3) is 0 Å². The molecule has 0 unspecified atom stereocenters. The zero-order valence-electron chi connectivity index (χ0n) is 7.35. The van der Waals surface area contributed by atoms with Crippen LogP contribution >= 0.6 is 11.6 Å². The van der Waals surface area contributed by atoms with Crippen LogP contribution in [0.1, 0.15) is 31.3 Å². The van der Waals surface area contributed by atoms with Gasteiger partial charge in [-0.2, -0.15) is 0 Å². The van der Waals surface area contributed by atoms with E-state index in [0.717, 1.165) is 12.1 Å². The van der Waals surface area contributed by atoms with Crippen molar-refractivity contribution in [3.8, 4) is 0 Å². The highest BCUT2D eigenvalue weighted by Crippen LogP contribution is 2.48. The highest BCUT2D eigenvalue weighted by Gasteiger charge is 2.48. The van der Waals surface area contributed by atoms with Gasteiger partial charge in [-0.3, -0.25) is 0 Å². The molecule has 0 atom stereocenters. The Kier molecular flexibility index (Phi) is 1.99. The van der Waals surface area contributed by atoms with Crippen LogP contribution in [0.2, 0.25) is 5.15 Å². The summed E-state index contributed by atoms with van der Waals surface area (Å²) in [6.07, 6.45) is 1.80. The van der Waals surface area contributed by atoms with Crippen LogP contribution in [0.15, 0.2) is 6.07 Å². The number of alkyl halides is 1. The predicted octanol–water partition coefficient (Wildman–Crippen LogP) is 2.65. The van der Waals surface area contributed by atoms with Crippen molar-refractivity contribution in [2.24, 2.45) is 0 Å². The smallest absolute Gasteiger partial charge is 0.170 e. The second-order valence-corrected chi connectivity index (χ2v) is 3.71. The molecule has 2 nitrogen and oxygen atoms in total. The van der Waals surface area contributed by atoms with Crippen LogP contribution in [-0.2, 0) is 12.1 Å². The summed E-state index contributed by atoms with van der Waals surface area (Å²) in [7, 11) is 0. The number of nitrogens with zero attached hydrogens (tertiary/aromatic N) is 2. The molecule has 13 heavy (non-hydrogen) atoms. The molecule has 0 saturated heterocycles. The third kappa shape index (κ3) is 1.66. The van der Waals surface area contributed by atoms with Gasteiger partial charge < -0.3 is 0 Å².